The zero-order valence-corrected chi connectivity index (χ0v) is 15.6. The van der Waals surface area contributed by atoms with E-state index in [-0.39, 0.29) is 0 Å². The molecule has 2 aromatic carbocycles. The summed E-state index contributed by atoms with van der Waals surface area (Å²) in [7, 11) is 1.63. The Bertz CT molecular complexity index is 995. The molecule has 0 atom stereocenters. The van der Waals surface area contributed by atoms with Crippen LogP contribution in [0.4, 0.5) is 0 Å². The highest BCUT2D eigenvalue weighted by molar-refractivity contribution is 5.86. The van der Waals surface area contributed by atoms with Crippen molar-refractivity contribution >= 4 is 29.0 Å². The summed E-state index contributed by atoms with van der Waals surface area (Å²) in [6.45, 7) is 3.73. The number of ether oxygens (including phenoxy) is 3. The molecule has 1 heterocycles. The summed E-state index contributed by atoms with van der Waals surface area (Å²) in [5.41, 5.74) is 2.30. The van der Waals surface area contributed by atoms with Crippen molar-refractivity contribution in [2.24, 2.45) is 0 Å². The Morgan fingerprint density at radius 3 is 2.56 bits per heavy atom. The van der Waals surface area contributed by atoms with Crippen LogP contribution in [-0.4, -0.2) is 24.7 Å². The molecule has 3 rings (SSSR count). The van der Waals surface area contributed by atoms with Gasteiger partial charge in [0.05, 0.1) is 19.4 Å². The summed E-state index contributed by atoms with van der Waals surface area (Å²) in [5, 5.41) is 1.01. The fourth-order valence-electron chi connectivity index (χ4n) is 2.75. The van der Waals surface area contributed by atoms with Crippen molar-refractivity contribution in [1.29, 1.82) is 0 Å². The molecule has 0 aliphatic carbocycles. The van der Waals surface area contributed by atoms with E-state index in [4.69, 9.17) is 14.2 Å². The molecule has 3 aromatic rings. The lowest BCUT2D eigenvalue weighted by Gasteiger charge is -2.12. The number of nitrogens with zero attached hydrogens (tertiary/aromatic N) is 1. The van der Waals surface area contributed by atoms with Crippen LogP contribution in [0.25, 0.3) is 23.1 Å². The van der Waals surface area contributed by atoms with Crippen LogP contribution < -0.4 is 14.2 Å². The van der Waals surface area contributed by atoms with Gasteiger partial charge in [-0.1, -0.05) is 30.3 Å². The van der Waals surface area contributed by atoms with Crippen LogP contribution in [0.5, 0.6) is 17.2 Å². The normalized spacial score (nSPS) is 10.9. The van der Waals surface area contributed by atoms with Crippen molar-refractivity contribution in [3.8, 4) is 17.2 Å². The van der Waals surface area contributed by atoms with Gasteiger partial charge < -0.3 is 14.2 Å². The van der Waals surface area contributed by atoms with E-state index in [9.17, 15) is 4.79 Å². The van der Waals surface area contributed by atoms with E-state index in [1.165, 1.54) is 6.92 Å². The molecule has 0 radical (unpaired) electrons. The molecule has 0 aliphatic heterocycles. The second kappa shape index (κ2) is 8.36. The zero-order valence-electron chi connectivity index (χ0n) is 15.6. The lowest BCUT2D eigenvalue weighted by Crippen LogP contribution is -2.05. The minimum atomic E-state index is -0.398. The maximum absolute atomic E-state index is 11.5. The smallest absolute Gasteiger partial charge is 0.308 e. The van der Waals surface area contributed by atoms with Crippen LogP contribution in [0, 0.1) is 0 Å². The predicted molar refractivity (Wildman–Crippen MR) is 106 cm³/mol. The number of carbonyl (C=O) groups excluding carboxylic acids is 1. The minimum Gasteiger partial charge on any atom is -0.494 e. The molecule has 0 unspecified atom stereocenters. The Morgan fingerprint density at radius 1 is 1.04 bits per heavy atom. The average Bonchev–Trinajstić information content (AvgIpc) is 2.67. The minimum absolute atomic E-state index is 0.398. The van der Waals surface area contributed by atoms with Gasteiger partial charge in [0, 0.05) is 17.9 Å². The van der Waals surface area contributed by atoms with Crippen molar-refractivity contribution in [1.82, 2.24) is 4.98 Å². The lowest BCUT2D eigenvalue weighted by molar-refractivity contribution is -0.132. The molecule has 5 nitrogen and oxygen atoms in total. The third-order valence-electron chi connectivity index (χ3n) is 3.91. The first kappa shape index (κ1) is 18.5. The SMILES string of the molecule is CCOc1cccc(/C=C/c2ccc3cccc(OC)c3n2)c1OC(C)=O. The van der Waals surface area contributed by atoms with Gasteiger partial charge in [0.1, 0.15) is 11.3 Å². The predicted octanol–water partition coefficient (Wildman–Crippen LogP) is 4.74. The standard InChI is InChI=1S/C22H21NO4/c1-4-26-20-10-6-8-17(22(20)27-15(2)24)12-14-18-13-11-16-7-5-9-19(25-3)21(16)23-18/h5-14H,4H2,1-3H3/b14-12+. The number of benzene rings is 2. The van der Waals surface area contributed by atoms with Gasteiger partial charge in [-0.15, -0.1) is 0 Å². The largest absolute Gasteiger partial charge is 0.494 e. The van der Waals surface area contributed by atoms with E-state index in [0.29, 0.717) is 18.1 Å². The topological polar surface area (TPSA) is 57.6 Å². The van der Waals surface area contributed by atoms with Gasteiger partial charge in [0.25, 0.3) is 0 Å². The first-order chi connectivity index (χ1) is 13.1. The van der Waals surface area contributed by atoms with Gasteiger partial charge in [-0.2, -0.15) is 0 Å². The molecule has 0 spiro atoms. The van der Waals surface area contributed by atoms with Crippen molar-refractivity contribution in [3.63, 3.8) is 0 Å². The van der Waals surface area contributed by atoms with Crippen LogP contribution in [0.1, 0.15) is 25.1 Å². The number of fused-ring (bicyclic) bond motifs is 1. The van der Waals surface area contributed by atoms with Crippen LogP contribution in [0.2, 0.25) is 0 Å². The van der Waals surface area contributed by atoms with Gasteiger partial charge in [-0.05, 0) is 37.3 Å². The van der Waals surface area contributed by atoms with Crippen molar-refractivity contribution in [3.05, 3.63) is 59.8 Å². The molecule has 27 heavy (non-hydrogen) atoms. The third kappa shape index (κ3) is 4.26. The van der Waals surface area contributed by atoms with Crippen LogP contribution in [0.15, 0.2) is 48.5 Å². The van der Waals surface area contributed by atoms with Gasteiger partial charge in [-0.25, -0.2) is 4.98 Å². The third-order valence-corrected chi connectivity index (χ3v) is 3.91. The number of hydrogen-bond acceptors (Lipinski definition) is 5. The van der Waals surface area contributed by atoms with E-state index in [1.807, 2.05) is 61.5 Å². The molecule has 0 aliphatic rings. The molecule has 0 N–H and O–H groups in total. The Morgan fingerprint density at radius 2 is 1.81 bits per heavy atom. The quantitative estimate of drug-likeness (QED) is 0.468. The van der Waals surface area contributed by atoms with Gasteiger partial charge in [0.15, 0.2) is 11.5 Å². The van der Waals surface area contributed by atoms with Gasteiger partial charge in [0.2, 0.25) is 0 Å². The highest BCUT2D eigenvalue weighted by Crippen LogP contribution is 2.33. The molecule has 0 amide bonds. The summed E-state index contributed by atoms with van der Waals surface area (Å²) in [6.07, 6.45) is 3.72. The summed E-state index contributed by atoms with van der Waals surface area (Å²) >= 11 is 0. The summed E-state index contributed by atoms with van der Waals surface area (Å²) in [6, 6.07) is 15.2. The first-order valence-electron chi connectivity index (χ1n) is 8.68. The molecule has 138 valence electrons. The number of pyridine rings is 1. The number of rotatable bonds is 6. The zero-order chi connectivity index (χ0) is 19.2. The van der Waals surface area contributed by atoms with Crippen molar-refractivity contribution in [2.45, 2.75) is 13.8 Å². The summed E-state index contributed by atoms with van der Waals surface area (Å²) in [4.78, 5) is 16.1. The fourth-order valence-corrected chi connectivity index (χ4v) is 2.75. The van der Waals surface area contributed by atoms with E-state index in [2.05, 4.69) is 4.98 Å². The number of aromatic nitrogens is 1. The maximum Gasteiger partial charge on any atom is 0.308 e. The molecule has 5 heteroatoms. The van der Waals surface area contributed by atoms with Gasteiger partial charge in [-0.3, -0.25) is 4.79 Å². The number of esters is 1. The number of carbonyl (C=O) groups is 1. The number of methoxy groups -OCH3 is 1. The van der Waals surface area contributed by atoms with E-state index in [0.717, 1.165) is 27.9 Å². The Kier molecular flexibility index (Phi) is 5.71. The molecular weight excluding hydrogens is 342 g/mol. The average molecular weight is 363 g/mol. The molecule has 0 saturated carbocycles. The second-order valence-corrected chi connectivity index (χ2v) is 5.80. The number of para-hydroxylation sites is 2. The maximum atomic E-state index is 11.5. The molecule has 0 bridgehead atoms. The number of hydrogen-bond donors (Lipinski definition) is 0. The molecule has 0 fully saturated rings. The molecule has 1 aromatic heterocycles. The Hall–Kier alpha value is -3.34. The van der Waals surface area contributed by atoms with E-state index >= 15 is 0 Å². The van der Waals surface area contributed by atoms with Gasteiger partial charge >= 0.3 is 5.97 Å². The fraction of sp³-hybridized carbons (Fsp3) is 0.182. The highest BCUT2D eigenvalue weighted by atomic mass is 16.6. The van der Waals surface area contributed by atoms with Crippen LogP contribution >= 0.6 is 0 Å². The Labute approximate surface area is 158 Å². The molecule has 0 saturated heterocycles. The lowest BCUT2D eigenvalue weighted by atomic mass is 10.1. The van der Waals surface area contributed by atoms with Crippen LogP contribution in [0.3, 0.4) is 0 Å². The first-order valence-corrected chi connectivity index (χ1v) is 8.68. The van der Waals surface area contributed by atoms with E-state index < -0.39 is 5.97 Å². The second-order valence-electron chi connectivity index (χ2n) is 5.80. The van der Waals surface area contributed by atoms with Crippen LogP contribution in [-0.2, 0) is 4.79 Å². The highest BCUT2D eigenvalue weighted by Gasteiger charge is 2.11. The molecular formula is C22H21NO4. The monoisotopic (exact) mass is 363 g/mol. The van der Waals surface area contributed by atoms with E-state index in [1.54, 1.807) is 13.2 Å². The van der Waals surface area contributed by atoms with Crippen molar-refractivity contribution in [2.75, 3.05) is 13.7 Å². The summed E-state index contributed by atoms with van der Waals surface area (Å²) < 4.78 is 16.3. The van der Waals surface area contributed by atoms with Crippen molar-refractivity contribution < 1.29 is 19.0 Å². The summed E-state index contributed by atoms with van der Waals surface area (Å²) in [5.74, 6) is 1.26. The Balaban J connectivity index is 1.99.